The van der Waals surface area contributed by atoms with Gasteiger partial charge in [0, 0.05) is 23.9 Å². The Bertz CT molecular complexity index is 1290. The van der Waals surface area contributed by atoms with Crippen LogP contribution in [0.2, 0.25) is 0 Å². The number of fused-ring (bicyclic) bond motifs is 3. The van der Waals surface area contributed by atoms with Crippen molar-refractivity contribution in [3.8, 4) is 6.07 Å². The van der Waals surface area contributed by atoms with E-state index in [1.54, 1.807) is 0 Å². The Morgan fingerprint density at radius 3 is 2.40 bits per heavy atom. The maximum atomic E-state index is 15.0. The van der Waals surface area contributed by atoms with Gasteiger partial charge in [0.1, 0.15) is 22.8 Å². The van der Waals surface area contributed by atoms with E-state index in [-0.39, 0.29) is 34.1 Å². The van der Waals surface area contributed by atoms with Crippen molar-refractivity contribution >= 4 is 17.4 Å². The third kappa shape index (κ3) is 2.70. The number of ether oxygens (including phenoxy) is 1. The number of benzene rings is 1. The van der Waals surface area contributed by atoms with Crippen molar-refractivity contribution in [1.82, 2.24) is 0 Å². The van der Waals surface area contributed by atoms with Gasteiger partial charge in [0.2, 0.25) is 11.8 Å². The Balaban J connectivity index is 1.75. The molecule has 6 nitrogen and oxygen atoms in total. The van der Waals surface area contributed by atoms with Gasteiger partial charge >= 0.3 is 0 Å². The van der Waals surface area contributed by atoms with Gasteiger partial charge in [-0.2, -0.15) is 5.26 Å². The van der Waals surface area contributed by atoms with E-state index in [2.05, 4.69) is 26.0 Å². The summed E-state index contributed by atoms with van der Waals surface area (Å²) in [6.45, 7) is 6.58. The van der Waals surface area contributed by atoms with E-state index in [0.29, 0.717) is 30.6 Å². The molecule has 0 aromatic heterocycles. The van der Waals surface area contributed by atoms with Gasteiger partial charge < -0.3 is 15.4 Å². The molecule has 1 aromatic rings. The SMILES string of the molecule is Cc1cc2c3c(c1)C1(C(=O)N3C3(CCCCCC3)CC2(C)C)C(C#N)=C(N)OC2=C1C(=O)CCC2. The molecule has 1 aromatic carbocycles. The quantitative estimate of drug-likeness (QED) is 0.569. The molecule has 1 unspecified atom stereocenters. The van der Waals surface area contributed by atoms with Crippen molar-refractivity contribution in [3.05, 3.63) is 51.6 Å². The van der Waals surface area contributed by atoms with E-state index >= 15 is 4.79 Å². The van der Waals surface area contributed by atoms with E-state index in [1.165, 1.54) is 12.8 Å². The minimum atomic E-state index is -1.51. The average Bonchev–Trinajstić information content (AvgIpc) is 2.92. The summed E-state index contributed by atoms with van der Waals surface area (Å²) in [4.78, 5) is 30.6. The highest BCUT2D eigenvalue weighted by atomic mass is 16.5. The van der Waals surface area contributed by atoms with Crippen LogP contribution in [0.3, 0.4) is 0 Å². The van der Waals surface area contributed by atoms with Crippen molar-refractivity contribution < 1.29 is 14.3 Å². The molecule has 1 fully saturated rings. The first kappa shape index (κ1) is 22.4. The summed E-state index contributed by atoms with van der Waals surface area (Å²) < 4.78 is 5.88. The van der Waals surface area contributed by atoms with Gasteiger partial charge in [0.15, 0.2) is 5.78 Å². The highest BCUT2D eigenvalue weighted by molar-refractivity contribution is 6.21. The molecule has 0 bridgehead atoms. The number of amides is 1. The normalized spacial score (nSPS) is 28.6. The molecule has 182 valence electrons. The van der Waals surface area contributed by atoms with Crippen LogP contribution in [0.4, 0.5) is 5.69 Å². The van der Waals surface area contributed by atoms with Gasteiger partial charge in [-0.1, -0.05) is 57.2 Å². The van der Waals surface area contributed by atoms with Crippen LogP contribution in [0.1, 0.15) is 94.7 Å². The summed E-state index contributed by atoms with van der Waals surface area (Å²) in [6.07, 6.45) is 8.76. The molecule has 2 N–H and O–H groups in total. The second kappa shape index (κ2) is 7.22. The zero-order valence-corrected chi connectivity index (χ0v) is 20.9. The number of hydrogen-bond donors (Lipinski definition) is 1. The van der Waals surface area contributed by atoms with E-state index in [4.69, 9.17) is 10.5 Å². The molecule has 35 heavy (non-hydrogen) atoms. The maximum Gasteiger partial charge on any atom is 0.248 e. The topological polar surface area (TPSA) is 96.4 Å². The Morgan fingerprint density at radius 2 is 1.71 bits per heavy atom. The molecule has 3 aliphatic heterocycles. The highest BCUT2D eigenvalue weighted by Crippen LogP contribution is 2.63. The zero-order chi connectivity index (χ0) is 24.8. The summed E-state index contributed by atoms with van der Waals surface area (Å²) in [7, 11) is 0. The van der Waals surface area contributed by atoms with Crippen molar-refractivity contribution in [3.63, 3.8) is 0 Å². The monoisotopic (exact) mass is 471 g/mol. The van der Waals surface area contributed by atoms with Crippen LogP contribution >= 0.6 is 0 Å². The number of hydrogen-bond acceptors (Lipinski definition) is 5. The number of Topliss-reactive ketones (excluding diaryl/α,β-unsaturated/α-hetero) is 1. The lowest BCUT2D eigenvalue weighted by Crippen LogP contribution is -2.60. The summed E-state index contributed by atoms with van der Waals surface area (Å²) >= 11 is 0. The number of nitrogens with zero attached hydrogens (tertiary/aromatic N) is 2. The van der Waals surface area contributed by atoms with E-state index in [0.717, 1.165) is 54.5 Å². The number of allylic oxidation sites excluding steroid dienone is 1. The third-order valence-electron chi connectivity index (χ3n) is 9.12. The zero-order valence-electron chi connectivity index (χ0n) is 20.9. The number of nitriles is 1. The summed E-state index contributed by atoms with van der Waals surface area (Å²) in [6, 6.07) is 6.45. The van der Waals surface area contributed by atoms with E-state index in [1.807, 2.05) is 17.9 Å². The molecule has 0 saturated heterocycles. The molecular formula is C29H33N3O3. The lowest BCUT2D eigenvalue weighted by Gasteiger charge is -2.52. The standard InChI is InChI=1S/C29H33N3O3/c1-17-13-18-24-19(14-17)29(20(15-30)25(31)35-22-10-8-9-21(33)23(22)29)26(34)32(24)28(16-27(18,2)3)11-6-4-5-7-12-28/h13-14H,4-12,16,31H2,1-3H3. The molecular weight excluding hydrogens is 438 g/mol. The van der Waals surface area contributed by atoms with Gasteiger partial charge in [-0.3, -0.25) is 9.59 Å². The second-order valence-electron chi connectivity index (χ2n) is 11.8. The summed E-state index contributed by atoms with van der Waals surface area (Å²) in [5, 5.41) is 10.4. The molecule has 1 saturated carbocycles. The Labute approximate surface area is 206 Å². The molecule has 2 aliphatic carbocycles. The number of carbonyl (C=O) groups excluding carboxylic acids is 2. The van der Waals surface area contributed by atoms with E-state index in [9.17, 15) is 10.1 Å². The minimum absolute atomic E-state index is 0.0430. The van der Waals surface area contributed by atoms with Crippen molar-refractivity contribution in [2.45, 2.75) is 101 Å². The molecule has 6 rings (SSSR count). The Morgan fingerprint density at radius 1 is 1.03 bits per heavy atom. The maximum absolute atomic E-state index is 15.0. The fourth-order valence-electron chi connectivity index (χ4n) is 7.89. The van der Waals surface area contributed by atoms with Gasteiger partial charge in [-0.25, -0.2) is 0 Å². The third-order valence-corrected chi connectivity index (χ3v) is 9.12. The molecule has 2 spiro atoms. The predicted octanol–water partition coefficient (Wildman–Crippen LogP) is 5.08. The van der Waals surface area contributed by atoms with Crippen molar-refractivity contribution in [1.29, 1.82) is 5.26 Å². The Kier molecular flexibility index (Phi) is 4.62. The lowest BCUT2D eigenvalue weighted by atomic mass is 9.64. The largest absolute Gasteiger partial charge is 0.444 e. The van der Waals surface area contributed by atoms with Crippen LogP contribution in [0.5, 0.6) is 0 Å². The average molecular weight is 472 g/mol. The first-order chi connectivity index (χ1) is 16.7. The van der Waals surface area contributed by atoms with Crippen LogP contribution < -0.4 is 10.6 Å². The number of aryl methyl sites for hydroxylation is 1. The fourth-order valence-corrected chi connectivity index (χ4v) is 7.89. The van der Waals surface area contributed by atoms with E-state index < -0.39 is 5.41 Å². The molecule has 6 heteroatoms. The van der Waals surface area contributed by atoms with Crippen LogP contribution in [0.15, 0.2) is 34.9 Å². The molecule has 0 radical (unpaired) electrons. The summed E-state index contributed by atoms with van der Waals surface area (Å²) in [5.74, 6) is 0.139. The smallest absolute Gasteiger partial charge is 0.248 e. The minimum Gasteiger partial charge on any atom is -0.444 e. The van der Waals surface area contributed by atoms with Crippen LogP contribution in [0, 0.1) is 18.3 Å². The number of carbonyl (C=O) groups is 2. The van der Waals surface area contributed by atoms with Crippen molar-refractivity contribution in [2.75, 3.05) is 4.90 Å². The first-order valence-corrected chi connectivity index (χ1v) is 13.0. The summed E-state index contributed by atoms with van der Waals surface area (Å²) in [5.41, 5.74) is 8.59. The molecule has 1 atom stereocenters. The molecule has 5 aliphatic rings. The van der Waals surface area contributed by atoms with Gasteiger partial charge in [0.25, 0.3) is 0 Å². The van der Waals surface area contributed by atoms with Crippen LogP contribution in [0.25, 0.3) is 0 Å². The van der Waals surface area contributed by atoms with Gasteiger partial charge in [-0.15, -0.1) is 0 Å². The highest BCUT2D eigenvalue weighted by Gasteiger charge is 2.67. The second-order valence-corrected chi connectivity index (χ2v) is 11.8. The van der Waals surface area contributed by atoms with Crippen LogP contribution in [-0.2, 0) is 25.2 Å². The number of ketones is 1. The number of anilines is 1. The number of rotatable bonds is 0. The van der Waals surface area contributed by atoms with Gasteiger partial charge in [0.05, 0.1) is 11.3 Å². The lowest BCUT2D eigenvalue weighted by molar-refractivity contribution is -0.126. The van der Waals surface area contributed by atoms with Crippen molar-refractivity contribution in [2.24, 2.45) is 5.73 Å². The molecule has 3 heterocycles. The fraction of sp³-hybridized carbons (Fsp3) is 0.552. The molecule has 1 amide bonds. The number of nitrogens with two attached hydrogens (primary N) is 1. The van der Waals surface area contributed by atoms with Gasteiger partial charge in [-0.05, 0) is 43.6 Å². The predicted molar refractivity (Wildman–Crippen MR) is 132 cm³/mol. The first-order valence-electron chi connectivity index (χ1n) is 13.0. The Hall–Kier alpha value is -3.07. The van der Waals surface area contributed by atoms with Crippen LogP contribution in [-0.4, -0.2) is 17.2 Å².